The first-order valence-corrected chi connectivity index (χ1v) is 5.94. The van der Waals surface area contributed by atoms with Crippen molar-refractivity contribution in [3.05, 3.63) is 23.8 Å². The third kappa shape index (κ3) is 2.15. The molecule has 0 aliphatic carbocycles. The SMILES string of the molecule is CNC(=O)c1ccc([AsH2])c([AsH2])c1. The maximum atomic E-state index is 11.2. The number of hydrogen-bond acceptors (Lipinski definition) is 1. The second kappa shape index (κ2) is 4.16. The standard InChI is InChI=1S/C8H11As2NO/c1-11-8(12)5-2-3-6(9)7(10)4-5/h2-4H,9-10H2,1H3,(H,11,12). The van der Waals surface area contributed by atoms with E-state index in [1.54, 1.807) is 40.8 Å². The molecule has 0 aromatic heterocycles. The number of hydrogen-bond donors (Lipinski definition) is 1. The Kier molecular flexibility index (Phi) is 3.43. The monoisotopic (exact) mass is 287 g/mol. The molecule has 2 nitrogen and oxygen atoms in total. The molecular weight excluding hydrogens is 276 g/mol. The maximum absolute atomic E-state index is 11.2. The van der Waals surface area contributed by atoms with Crippen LogP contribution in [0.1, 0.15) is 10.4 Å². The molecule has 0 aliphatic heterocycles. The molecule has 4 heteroatoms. The van der Waals surface area contributed by atoms with Gasteiger partial charge in [-0.25, -0.2) is 0 Å². The predicted octanol–water partition coefficient (Wildman–Crippen LogP) is -2.44. The van der Waals surface area contributed by atoms with Crippen molar-refractivity contribution in [2.24, 2.45) is 0 Å². The first kappa shape index (κ1) is 9.89. The van der Waals surface area contributed by atoms with Crippen LogP contribution in [-0.2, 0) is 0 Å². The average molecular weight is 287 g/mol. The zero-order chi connectivity index (χ0) is 9.14. The quantitative estimate of drug-likeness (QED) is 0.572. The van der Waals surface area contributed by atoms with E-state index in [2.05, 4.69) is 5.32 Å². The Bertz CT molecular complexity index is 312. The summed E-state index contributed by atoms with van der Waals surface area (Å²) in [7, 11) is 1.65. The molecule has 1 N–H and O–H groups in total. The number of rotatable bonds is 1. The van der Waals surface area contributed by atoms with Crippen LogP contribution in [0.3, 0.4) is 0 Å². The van der Waals surface area contributed by atoms with Crippen LogP contribution in [0.15, 0.2) is 18.2 Å². The molecule has 0 bridgehead atoms. The van der Waals surface area contributed by atoms with Gasteiger partial charge in [-0.05, 0) is 0 Å². The van der Waals surface area contributed by atoms with Gasteiger partial charge >= 0.3 is 89.2 Å². The molecule has 0 heterocycles. The number of carbonyl (C=O) groups is 1. The summed E-state index contributed by atoms with van der Waals surface area (Å²) in [5.41, 5.74) is 0.748. The Labute approximate surface area is 89.1 Å². The van der Waals surface area contributed by atoms with Crippen LogP contribution < -0.4 is 14.0 Å². The molecular formula is C8H11As2NO. The first-order chi connectivity index (χ1) is 5.65. The topological polar surface area (TPSA) is 29.1 Å². The van der Waals surface area contributed by atoms with Gasteiger partial charge in [0.1, 0.15) is 0 Å². The molecule has 2 atom stereocenters. The fourth-order valence-electron chi connectivity index (χ4n) is 0.860. The molecule has 64 valence electrons. The normalized spacial score (nSPS) is 9.58. The van der Waals surface area contributed by atoms with E-state index in [1.165, 1.54) is 8.70 Å². The summed E-state index contributed by atoms with van der Waals surface area (Å²) in [6.07, 6.45) is 0. The van der Waals surface area contributed by atoms with E-state index in [1.807, 2.05) is 18.2 Å². The fourth-order valence-corrected chi connectivity index (χ4v) is 1.82. The molecule has 1 rings (SSSR count). The van der Waals surface area contributed by atoms with Crippen molar-refractivity contribution in [2.45, 2.75) is 0 Å². The van der Waals surface area contributed by atoms with Crippen molar-refractivity contribution >= 4 is 48.3 Å². The molecule has 0 saturated heterocycles. The summed E-state index contributed by atoms with van der Waals surface area (Å²) in [5.74, 6) is -0.0126. The van der Waals surface area contributed by atoms with Crippen LogP contribution in [0, 0.1) is 0 Å². The fraction of sp³-hybridized carbons (Fsp3) is 0.125. The number of nitrogens with one attached hydrogen (secondary N) is 1. The van der Waals surface area contributed by atoms with E-state index < -0.39 is 0 Å². The Hall–Kier alpha value is -0.193. The van der Waals surface area contributed by atoms with Crippen LogP contribution in [0.2, 0.25) is 0 Å². The molecule has 0 fully saturated rings. The molecule has 0 saturated carbocycles. The second-order valence-corrected chi connectivity index (χ2v) is 5.03. The number of amides is 1. The Morgan fingerprint density at radius 1 is 1.33 bits per heavy atom. The van der Waals surface area contributed by atoms with E-state index in [0.29, 0.717) is 0 Å². The zero-order valence-corrected chi connectivity index (χ0v) is 11.6. The van der Waals surface area contributed by atoms with Gasteiger partial charge in [-0.15, -0.1) is 0 Å². The average Bonchev–Trinajstić information content (AvgIpc) is 2.08. The van der Waals surface area contributed by atoms with Crippen molar-refractivity contribution in [3.63, 3.8) is 0 Å². The van der Waals surface area contributed by atoms with Crippen LogP contribution in [0.4, 0.5) is 0 Å². The van der Waals surface area contributed by atoms with Gasteiger partial charge < -0.3 is 0 Å². The van der Waals surface area contributed by atoms with Gasteiger partial charge in [0.05, 0.1) is 0 Å². The predicted molar refractivity (Wildman–Crippen MR) is 56.2 cm³/mol. The summed E-state index contributed by atoms with van der Waals surface area (Å²) in [6.45, 7) is 0. The number of benzene rings is 1. The molecule has 12 heavy (non-hydrogen) atoms. The summed E-state index contributed by atoms with van der Waals surface area (Å²) in [4.78, 5) is 11.2. The minimum atomic E-state index is -0.0126. The van der Waals surface area contributed by atoms with Crippen LogP contribution in [-0.4, -0.2) is 46.7 Å². The number of carbonyl (C=O) groups excluding carboxylic acids is 1. The van der Waals surface area contributed by atoms with Crippen molar-refractivity contribution in [3.8, 4) is 0 Å². The molecule has 0 aliphatic rings. The van der Waals surface area contributed by atoms with Crippen molar-refractivity contribution in [1.82, 2.24) is 5.32 Å². The van der Waals surface area contributed by atoms with E-state index >= 15 is 0 Å². The zero-order valence-electron chi connectivity index (χ0n) is 6.79. The van der Waals surface area contributed by atoms with Gasteiger partial charge in [-0.1, -0.05) is 0 Å². The van der Waals surface area contributed by atoms with Crippen LogP contribution in [0.25, 0.3) is 0 Å². The molecule has 1 amide bonds. The second-order valence-electron chi connectivity index (χ2n) is 2.42. The molecule has 1 aromatic rings. The van der Waals surface area contributed by atoms with E-state index in [4.69, 9.17) is 0 Å². The van der Waals surface area contributed by atoms with Crippen molar-refractivity contribution < 1.29 is 4.79 Å². The summed E-state index contributed by atoms with van der Waals surface area (Å²) in [6, 6.07) is 5.80. The van der Waals surface area contributed by atoms with Crippen molar-refractivity contribution in [2.75, 3.05) is 7.05 Å². The van der Waals surface area contributed by atoms with Crippen molar-refractivity contribution in [1.29, 1.82) is 0 Å². The van der Waals surface area contributed by atoms with Gasteiger partial charge in [0.25, 0.3) is 0 Å². The summed E-state index contributed by atoms with van der Waals surface area (Å²) >= 11 is 3.16. The molecule has 0 spiro atoms. The van der Waals surface area contributed by atoms with Gasteiger partial charge in [-0.3, -0.25) is 0 Å². The van der Waals surface area contributed by atoms with Gasteiger partial charge in [0.2, 0.25) is 0 Å². The van der Waals surface area contributed by atoms with E-state index in [0.717, 1.165) is 5.56 Å². The van der Waals surface area contributed by atoms with Crippen LogP contribution in [0.5, 0.6) is 0 Å². The van der Waals surface area contributed by atoms with Crippen LogP contribution >= 0.6 is 0 Å². The Morgan fingerprint density at radius 2 is 2.00 bits per heavy atom. The third-order valence-electron chi connectivity index (χ3n) is 1.58. The Morgan fingerprint density at radius 3 is 2.50 bits per heavy atom. The molecule has 2 unspecified atom stereocenters. The Balaban J connectivity index is 3.05. The molecule has 0 radical (unpaired) electrons. The minimum absolute atomic E-state index is 0.0126. The van der Waals surface area contributed by atoms with E-state index in [-0.39, 0.29) is 5.91 Å². The first-order valence-electron chi connectivity index (χ1n) is 3.52. The van der Waals surface area contributed by atoms with Gasteiger partial charge in [0, 0.05) is 0 Å². The summed E-state index contributed by atoms with van der Waals surface area (Å²) < 4.78 is 2.54. The summed E-state index contributed by atoms with van der Waals surface area (Å²) in [5, 5.41) is 2.60. The van der Waals surface area contributed by atoms with E-state index in [9.17, 15) is 4.79 Å². The van der Waals surface area contributed by atoms with Gasteiger partial charge in [0.15, 0.2) is 0 Å². The molecule has 1 aromatic carbocycles. The van der Waals surface area contributed by atoms with Gasteiger partial charge in [-0.2, -0.15) is 0 Å². The third-order valence-corrected chi connectivity index (χ3v) is 5.20.